The van der Waals surface area contributed by atoms with E-state index < -0.39 is 11.4 Å². The highest BCUT2D eigenvalue weighted by Gasteiger charge is 2.40. The number of carbonyl (C=O) groups excluding carboxylic acids is 1. The predicted octanol–water partition coefficient (Wildman–Crippen LogP) is 1.77. The van der Waals surface area contributed by atoms with E-state index in [2.05, 4.69) is 10.4 Å². The SMILES string of the molecule is Cc1nn(C)c2nc(C3CC3)cc(C(=O)NCC3(C(=O)O)CCOCC3)c12. The summed E-state index contributed by atoms with van der Waals surface area (Å²) in [5.41, 5.74) is 1.91. The molecule has 144 valence electrons. The van der Waals surface area contributed by atoms with Crippen molar-refractivity contribution >= 4 is 22.9 Å². The number of aryl methyl sites for hydroxylation is 2. The van der Waals surface area contributed by atoms with E-state index in [1.165, 1.54) is 0 Å². The molecule has 0 atom stereocenters. The number of carboxylic acids is 1. The minimum Gasteiger partial charge on any atom is -0.481 e. The van der Waals surface area contributed by atoms with Crippen LogP contribution in [0.1, 0.15) is 53.3 Å². The molecule has 2 aromatic heterocycles. The van der Waals surface area contributed by atoms with E-state index in [1.807, 2.05) is 20.0 Å². The number of aliphatic carboxylic acids is 1. The van der Waals surface area contributed by atoms with Gasteiger partial charge in [-0.25, -0.2) is 4.98 Å². The maximum absolute atomic E-state index is 13.0. The molecule has 0 radical (unpaired) electrons. The summed E-state index contributed by atoms with van der Waals surface area (Å²) >= 11 is 0. The van der Waals surface area contributed by atoms with Gasteiger partial charge in [-0.2, -0.15) is 5.10 Å². The zero-order chi connectivity index (χ0) is 19.2. The first-order valence-corrected chi connectivity index (χ1v) is 9.35. The molecule has 1 saturated carbocycles. The van der Waals surface area contributed by atoms with Gasteiger partial charge in [0.05, 0.1) is 22.1 Å². The van der Waals surface area contributed by atoms with Crippen LogP contribution < -0.4 is 5.32 Å². The molecule has 3 heterocycles. The van der Waals surface area contributed by atoms with Crippen molar-refractivity contribution in [3.8, 4) is 0 Å². The van der Waals surface area contributed by atoms with Gasteiger partial charge in [0.1, 0.15) is 0 Å². The Bertz CT molecular complexity index is 910. The van der Waals surface area contributed by atoms with E-state index in [9.17, 15) is 14.7 Å². The first-order chi connectivity index (χ1) is 12.9. The molecular weight excluding hydrogens is 348 g/mol. The molecule has 8 nitrogen and oxygen atoms in total. The summed E-state index contributed by atoms with van der Waals surface area (Å²) in [7, 11) is 1.82. The first kappa shape index (κ1) is 17.9. The standard InChI is InChI=1S/C19H24N4O4/c1-11-15-13(9-14(12-3-4-12)21-16(15)23(2)22-11)17(24)20-10-19(18(25)26)5-7-27-8-6-19/h9,12H,3-8,10H2,1-2H3,(H,20,24)(H,25,26). The molecule has 2 aromatic rings. The van der Waals surface area contributed by atoms with Crippen molar-refractivity contribution in [1.82, 2.24) is 20.1 Å². The fraction of sp³-hybridized carbons (Fsp3) is 0.579. The quantitative estimate of drug-likeness (QED) is 0.828. The maximum Gasteiger partial charge on any atom is 0.311 e. The van der Waals surface area contributed by atoms with Gasteiger partial charge in [-0.3, -0.25) is 14.3 Å². The predicted molar refractivity (Wildman–Crippen MR) is 97.7 cm³/mol. The highest BCUT2D eigenvalue weighted by molar-refractivity contribution is 6.06. The highest BCUT2D eigenvalue weighted by atomic mass is 16.5. The third-order valence-electron chi connectivity index (χ3n) is 5.72. The van der Waals surface area contributed by atoms with Crippen LogP contribution in [0, 0.1) is 12.3 Å². The summed E-state index contributed by atoms with van der Waals surface area (Å²) in [6.45, 7) is 2.74. The van der Waals surface area contributed by atoms with Gasteiger partial charge in [-0.15, -0.1) is 0 Å². The second-order valence-corrected chi connectivity index (χ2v) is 7.66. The Morgan fingerprint density at radius 3 is 2.70 bits per heavy atom. The van der Waals surface area contributed by atoms with Crippen LogP contribution >= 0.6 is 0 Å². The second-order valence-electron chi connectivity index (χ2n) is 7.66. The molecule has 27 heavy (non-hydrogen) atoms. The number of fused-ring (bicyclic) bond motifs is 1. The average Bonchev–Trinajstić information content (AvgIpc) is 3.46. The lowest BCUT2D eigenvalue weighted by Crippen LogP contribution is -2.46. The van der Waals surface area contributed by atoms with Crippen molar-refractivity contribution in [3.63, 3.8) is 0 Å². The average molecular weight is 372 g/mol. The van der Waals surface area contributed by atoms with E-state index in [0.29, 0.717) is 43.2 Å². The van der Waals surface area contributed by atoms with Gasteiger partial charge in [0, 0.05) is 38.4 Å². The van der Waals surface area contributed by atoms with Crippen LogP contribution in [0.2, 0.25) is 0 Å². The molecule has 1 aliphatic carbocycles. The van der Waals surface area contributed by atoms with Crippen molar-refractivity contribution < 1.29 is 19.4 Å². The topological polar surface area (TPSA) is 106 Å². The molecule has 1 aliphatic heterocycles. The Morgan fingerprint density at radius 1 is 1.37 bits per heavy atom. The lowest BCUT2D eigenvalue weighted by Gasteiger charge is -2.33. The molecule has 2 N–H and O–H groups in total. The normalized spacial score (nSPS) is 19.2. The summed E-state index contributed by atoms with van der Waals surface area (Å²) < 4.78 is 7.00. The number of pyridine rings is 1. The molecule has 8 heteroatoms. The number of carboxylic acid groups (broad SMARTS) is 1. The minimum absolute atomic E-state index is 0.0897. The molecule has 0 spiro atoms. The molecule has 0 aromatic carbocycles. The number of carbonyl (C=O) groups is 2. The monoisotopic (exact) mass is 372 g/mol. The van der Waals surface area contributed by atoms with Gasteiger partial charge >= 0.3 is 5.97 Å². The van der Waals surface area contributed by atoms with E-state index in [0.717, 1.165) is 29.6 Å². The molecule has 2 fully saturated rings. The highest BCUT2D eigenvalue weighted by Crippen LogP contribution is 2.40. The molecule has 1 saturated heterocycles. The maximum atomic E-state index is 13.0. The number of hydrogen-bond acceptors (Lipinski definition) is 5. The van der Waals surface area contributed by atoms with Gasteiger partial charge in [0.15, 0.2) is 5.65 Å². The Morgan fingerprint density at radius 2 is 2.07 bits per heavy atom. The smallest absolute Gasteiger partial charge is 0.311 e. The number of nitrogens with one attached hydrogen (secondary N) is 1. The Kier molecular flexibility index (Phi) is 4.38. The van der Waals surface area contributed by atoms with Crippen molar-refractivity contribution in [3.05, 3.63) is 23.0 Å². The fourth-order valence-corrected chi connectivity index (χ4v) is 3.80. The van der Waals surface area contributed by atoms with Crippen molar-refractivity contribution in [2.24, 2.45) is 12.5 Å². The van der Waals surface area contributed by atoms with Crippen LogP contribution in [-0.4, -0.2) is 51.5 Å². The van der Waals surface area contributed by atoms with Crippen LogP contribution in [0.15, 0.2) is 6.07 Å². The lowest BCUT2D eigenvalue weighted by molar-refractivity contribution is -0.154. The Labute approximate surface area is 156 Å². The summed E-state index contributed by atoms with van der Waals surface area (Å²) in [6.07, 6.45) is 2.96. The van der Waals surface area contributed by atoms with Crippen LogP contribution in [0.5, 0.6) is 0 Å². The molecule has 0 unspecified atom stereocenters. The van der Waals surface area contributed by atoms with Crippen LogP contribution in [0.3, 0.4) is 0 Å². The van der Waals surface area contributed by atoms with Crippen LogP contribution in [0.25, 0.3) is 11.0 Å². The summed E-state index contributed by atoms with van der Waals surface area (Å²) in [5, 5.41) is 17.7. The number of nitrogens with zero attached hydrogens (tertiary/aromatic N) is 3. The zero-order valence-corrected chi connectivity index (χ0v) is 15.6. The van der Waals surface area contributed by atoms with Gasteiger partial charge in [0.2, 0.25) is 0 Å². The van der Waals surface area contributed by atoms with Crippen molar-refractivity contribution in [1.29, 1.82) is 0 Å². The molecule has 1 amide bonds. The first-order valence-electron chi connectivity index (χ1n) is 9.35. The van der Waals surface area contributed by atoms with E-state index in [-0.39, 0.29) is 12.5 Å². The lowest BCUT2D eigenvalue weighted by atomic mass is 9.80. The minimum atomic E-state index is -0.969. The van der Waals surface area contributed by atoms with E-state index in [1.54, 1.807) is 4.68 Å². The third-order valence-corrected chi connectivity index (χ3v) is 5.72. The molecule has 0 bridgehead atoms. The van der Waals surface area contributed by atoms with Crippen LogP contribution in [-0.2, 0) is 16.6 Å². The number of amides is 1. The van der Waals surface area contributed by atoms with Gasteiger partial charge in [-0.1, -0.05) is 0 Å². The fourth-order valence-electron chi connectivity index (χ4n) is 3.80. The summed E-state index contributed by atoms with van der Waals surface area (Å²) in [5.74, 6) is -0.758. The number of aromatic nitrogens is 3. The summed E-state index contributed by atoms with van der Waals surface area (Å²) in [6, 6.07) is 1.85. The number of ether oxygens (including phenoxy) is 1. The number of rotatable bonds is 5. The van der Waals surface area contributed by atoms with E-state index in [4.69, 9.17) is 9.72 Å². The largest absolute Gasteiger partial charge is 0.481 e. The van der Waals surface area contributed by atoms with Crippen molar-refractivity contribution in [2.45, 2.75) is 38.5 Å². The third kappa shape index (κ3) is 3.18. The molecule has 2 aliphatic rings. The summed E-state index contributed by atoms with van der Waals surface area (Å²) in [4.78, 5) is 29.5. The van der Waals surface area contributed by atoms with Gasteiger partial charge in [0.25, 0.3) is 5.91 Å². The van der Waals surface area contributed by atoms with Crippen LogP contribution in [0.4, 0.5) is 0 Å². The number of hydrogen-bond donors (Lipinski definition) is 2. The van der Waals surface area contributed by atoms with Gasteiger partial charge < -0.3 is 15.2 Å². The second kappa shape index (κ2) is 6.60. The molecular formula is C19H24N4O4. The Balaban J connectivity index is 1.65. The van der Waals surface area contributed by atoms with E-state index >= 15 is 0 Å². The van der Waals surface area contributed by atoms with Crippen molar-refractivity contribution in [2.75, 3.05) is 19.8 Å². The van der Waals surface area contributed by atoms with Gasteiger partial charge in [-0.05, 0) is 38.7 Å². The zero-order valence-electron chi connectivity index (χ0n) is 15.6. The molecule has 4 rings (SSSR count). The Hall–Kier alpha value is -2.48.